The fourth-order valence-electron chi connectivity index (χ4n) is 3.33. The number of carbonyl (C=O) groups is 1. The zero-order valence-electron chi connectivity index (χ0n) is 14.6. The number of halogens is 5. The molecule has 3 aromatic heterocycles. The molecule has 1 amide bonds. The third-order valence-corrected chi connectivity index (χ3v) is 5.89. The third kappa shape index (κ3) is 3.59. The average Bonchev–Trinajstić information content (AvgIpc) is 3.23. The van der Waals surface area contributed by atoms with E-state index in [9.17, 15) is 26.7 Å². The van der Waals surface area contributed by atoms with Crippen LogP contribution in [0.15, 0.2) is 30.7 Å². The SMILES string of the molecule is O=C(Nc1ccc(-c2c(C(F)(F)F)sc3c2CCC3)cn1)c1c(F)cncc1F. The van der Waals surface area contributed by atoms with Crippen LogP contribution in [0.3, 0.4) is 0 Å². The minimum atomic E-state index is -4.48. The van der Waals surface area contributed by atoms with Gasteiger partial charge in [-0.25, -0.2) is 13.8 Å². The van der Waals surface area contributed by atoms with E-state index in [4.69, 9.17) is 0 Å². The van der Waals surface area contributed by atoms with Crippen molar-refractivity contribution in [3.05, 3.63) is 63.2 Å². The lowest BCUT2D eigenvalue weighted by atomic mass is 10.0. The van der Waals surface area contributed by atoms with E-state index in [0.717, 1.165) is 22.6 Å². The number of amides is 1. The van der Waals surface area contributed by atoms with Gasteiger partial charge in [-0.3, -0.25) is 9.78 Å². The number of nitrogens with zero attached hydrogens (tertiary/aromatic N) is 2. The average molecular weight is 425 g/mol. The van der Waals surface area contributed by atoms with Crippen LogP contribution in [0, 0.1) is 11.6 Å². The predicted octanol–water partition coefficient (Wildman–Crippen LogP) is 5.24. The lowest BCUT2D eigenvalue weighted by Crippen LogP contribution is -2.17. The molecular formula is C19H12F5N3OS. The molecule has 1 aliphatic carbocycles. The van der Waals surface area contributed by atoms with Crippen molar-refractivity contribution < 1.29 is 26.7 Å². The summed E-state index contributed by atoms with van der Waals surface area (Å²) in [5, 5.41) is 2.23. The summed E-state index contributed by atoms with van der Waals surface area (Å²) in [5.41, 5.74) is 0.255. The lowest BCUT2D eigenvalue weighted by molar-refractivity contribution is -0.133. The molecule has 0 atom stereocenters. The molecule has 0 fully saturated rings. The number of carbonyl (C=O) groups excluding carboxylic acids is 1. The van der Waals surface area contributed by atoms with Gasteiger partial charge in [0.25, 0.3) is 5.91 Å². The van der Waals surface area contributed by atoms with Crippen molar-refractivity contribution in [2.75, 3.05) is 5.32 Å². The quantitative estimate of drug-likeness (QED) is 0.584. The van der Waals surface area contributed by atoms with Crippen LogP contribution in [0.2, 0.25) is 0 Å². The second-order valence-corrected chi connectivity index (χ2v) is 7.53. The topological polar surface area (TPSA) is 54.9 Å². The Morgan fingerprint density at radius 3 is 2.41 bits per heavy atom. The number of rotatable bonds is 3. The number of fused-ring (bicyclic) bond motifs is 1. The molecule has 0 unspecified atom stereocenters. The van der Waals surface area contributed by atoms with Crippen LogP contribution in [0.4, 0.5) is 27.8 Å². The van der Waals surface area contributed by atoms with Gasteiger partial charge in [-0.2, -0.15) is 13.2 Å². The van der Waals surface area contributed by atoms with E-state index in [0.29, 0.717) is 30.8 Å². The molecule has 0 saturated carbocycles. The molecule has 1 N–H and O–H groups in total. The first-order chi connectivity index (χ1) is 13.8. The maximum absolute atomic E-state index is 13.6. The summed E-state index contributed by atoms with van der Waals surface area (Å²) in [6.07, 6.45) is 0.119. The van der Waals surface area contributed by atoms with Crippen molar-refractivity contribution in [2.45, 2.75) is 25.4 Å². The molecule has 10 heteroatoms. The normalized spacial score (nSPS) is 13.4. The summed E-state index contributed by atoms with van der Waals surface area (Å²) < 4.78 is 67.7. The molecule has 0 aromatic carbocycles. The second kappa shape index (κ2) is 7.18. The standard InChI is InChI=1S/C19H12F5N3OS/c20-11-7-25-8-12(21)16(11)18(28)27-14-5-4-9(6-26-14)15-10-2-1-3-13(10)29-17(15)19(22,23)24/h4-8H,1-3H2,(H,26,27,28). The Bertz CT molecular complexity index is 1070. The summed E-state index contributed by atoms with van der Waals surface area (Å²) in [6.45, 7) is 0. The van der Waals surface area contributed by atoms with Crippen LogP contribution in [0.25, 0.3) is 11.1 Å². The van der Waals surface area contributed by atoms with Crippen molar-refractivity contribution in [3.8, 4) is 11.1 Å². The van der Waals surface area contributed by atoms with Gasteiger partial charge >= 0.3 is 6.18 Å². The van der Waals surface area contributed by atoms with Crippen LogP contribution >= 0.6 is 11.3 Å². The largest absolute Gasteiger partial charge is 0.426 e. The minimum absolute atomic E-state index is 0.0465. The van der Waals surface area contributed by atoms with Crippen LogP contribution in [-0.4, -0.2) is 15.9 Å². The van der Waals surface area contributed by atoms with Gasteiger partial charge in [0, 0.05) is 22.2 Å². The molecule has 29 heavy (non-hydrogen) atoms. The van der Waals surface area contributed by atoms with Gasteiger partial charge < -0.3 is 5.32 Å². The number of aryl methyl sites for hydroxylation is 1. The van der Waals surface area contributed by atoms with Crippen LogP contribution in [0.5, 0.6) is 0 Å². The maximum atomic E-state index is 13.6. The highest BCUT2D eigenvalue weighted by Crippen LogP contribution is 2.48. The van der Waals surface area contributed by atoms with Gasteiger partial charge in [0.05, 0.1) is 12.4 Å². The summed E-state index contributed by atoms with van der Waals surface area (Å²) >= 11 is 0.754. The summed E-state index contributed by atoms with van der Waals surface area (Å²) in [6, 6.07) is 2.70. The number of aromatic nitrogens is 2. The fourth-order valence-corrected chi connectivity index (χ4v) is 4.61. The number of pyridine rings is 2. The van der Waals surface area contributed by atoms with Crippen molar-refractivity contribution in [2.24, 2.45) is 0 Å². The Labute approximate surface area is 165 Å². The number of anilines is 1. The molecule has 1 aliphatic rings. The Kier molecular flexibility index (Phi) is 4.81. The van der Waals surface area contributed by atoms with Gasteiger partial charge in [-0.15, -0.1) is 11.3 Å². The Morgan fingerprint density at radius 2 is 1.79 bits per heavy atom. The van der Waals surface area contributed by atoms with Crippen molar-refractivity contribution in [1.82, 2.24) is 9.97 Å². The first kappa shape index (κ1) is 19.4. The van der Waals surface area contributed by atoms with E-state index in [-0.39, 0.29) is 16.9 Å². The Hall–Kier alpha value is -2.88. The monoisotopic (exact) mass is 425 g/mol. The minimum Gasteiger partial charge on any atom is -0.306 e. The van der Waals surface area contributed by atoms with Gasteiger partial charge in [0.1, 0.15) is 16.3 Å². The van der Waals surface area contributed by atoms with Crippen molar-refractivity contribution >= 4 is 23.1 Å². The zero-order chi connectivity index (χ0) is 20.8. The van der Waals surface area contributed by atoms with E-state index in [1.807, 2.05) is 0 Å². The zero-order valence-corrected chi connectivity index (χ0v) is 15.4. The first-order valence-corrected chi connectivity index (χ1v) is 9.36. The summed E-state index contributed by atoms with van der Waals surface area (Å²) in [4.78, 5) is 19.4. The molecule has 0 aliphatic heterocycles. The molecular weight excluding hydrogens is 413 g/mol. The number of alkyl halides is 3. The molecule has 3 heterocycles. The van der Waals surface area contributed by atoms with Crippen molar-refractivity contribution in [3.63, 3.8) is 0 Å². The smallest absolute Gasteiger partial charge is 0.306 e. The van der Waals surface area contributed by atoms with E-state index in [1.54, 1.807) is 0 Å². The highest BCUT2D eigenvalue weighted by atomic mass is 32.1. The Morgan fingerprint density at radius 1 is 1.07 bits per heavy atom. The van der Waals surface area contributed by atoms with Gasteiger partial charge in [0.2, 0.25) is 0 Å². The highest BCUT2D eigenvalue weighted by Gasteiger charge is 2.39. The molecule has 0 radical (unpaired) electrons. The van der Waals surface area contributed by atoms with Crippen LogP contribution in [0.1, 0.15) is 32.1 Å². The van der Waals surface area contributed by atoms with E-state index < -0.39 is 34.2 Å². The van der Waals surface area contributed by atoms with E-state index >= 15 is 0 Å². The highest BCUT2D eigenvalue weighted by molar-refractivity contribution is 7.12. The third-order valence-electron chi connectivity index (χ3n) is 4.55. The lowest BCUT2D eigenvalue weighted by Gasteiger charge is -2.11. The van der Waals surface area contributed by atoms with Crippen molar-refractivity contribution in [1.29, 1.82) is 0 Å². The van der Waals surface area contributed by atoms with Gasteiger partial charge in [-0.05, 0) is 37.0 Å². The molecule has 0 saturated heterocycles. The maximum Gasteiger partial charge on any atom is 0.426 e. The summed E-state index contributed by atoms with van der Waals surface area (Å²) in [7, 11) is 0. The molecule has 0 bridgehead atoms. The van der Waals surface area contributed by atoms with Gasteiger partial charge in [0.15, 0.2) is 11.6 Å². The van der Waals surface area contributed by atoms with E-state index in [1.165, 1.54) is 18.3 Å². The predicted molar refractivity (Wildman–Crippen MR) is 96.7 cm³/mol. The first-order valence-electron chi connectivity index (χ1n) is 8.54. The number of hydrogen-bond donors (Lipinski definition) is 1. The molecule has 150 valence electrons. The van der Waals surface area contributed by atoms with Crippen LogP contribution in [-0.2, 0) is 19.0 Å². The number of nitrogens with one attached hydrogen (secondary N) is 1. The number of hydrogen-bond acceptors (Lipinski definition) is 4. The van der Waals surface area contributed by atoms with Crippen LogP contribution < -0.4 is 5.32 Å². The molecule has 0 spiro atoms. The Balaban J connectivity index is 1.64. The fraction of sp³-hybridized carbons (Fsp3) is 0.211. The molecule has 4 nitrogen and oxygen atoms in total. The molecule has 3 aromatic rings. The second-order valence-electron chi connectivity index (χ2n) is 6.42. The summed E-state index contributed by atoms with van der Waals surface area (Å²) in [5.74, 6) is -3.39. The number of thiophene rings is 1. The van der Waals surface area contributed by atoms with E-state index in [2.05, 4.69) is 15.3 Å². The molecule has 4 rings (SSSR count). The van der Waals surface area contributed by atoms with Gasteiger partial charge in [-0.1, -0.05) is 0 Å².